The molecule has 7 heteroatoms. The van der Waals surface area contributed by atoms with Gasteiger partial charge >= 0.3 is 0 Å². The molecule has 6 aromatic carbocycles. The third kappa shape index (κ3) is 4.41. The SMILES string of the molecule is N#Cc1ccc(Sc2ccc(-n3c4ccccc4c4c3c3c5ccccc5n(-c5ccccn5)c3c3c5ccccc5n(-c5ccccn5)c43)cc2)cc1. The molecule has 0 aliphatic heterocycles. The van der Waals surface area contributed by atoms with Crippen molar-refractivity contribution in [3.8, 4) is 23.4 Å². The summed E-state index contributed by atoms with van der Waals surface area (Å²) in [6, 6.07) is 57.2. The van der Waals surface area contributed by atoms with Gasteiger partial charge in [-0.2, -0.15) is 5.26 Å². The predicted octanol–water partition coefficient (Wildman–Crippen LogP) is 11.8. The zero-order chi connectivity index (χ0) is 35.8. The van der Waals surface area contributed by atoms with Crippen LogP contribution in [0.5, 0.6) is 0 Å². The molecule has 0 unspecified atom stereocenters. The van der Waals surface area contributed by atoms with E-state index in [0.29, 0.717) is 5.56 Å². The summed E-state index contributed by atoms with van der Waals surface area (Å²) in [4.78, 5) is 12.1. The molecule has 0 atom stereocenters. The molecule has 0 N–H and O–H groups in total. The minimum atomic E-state index is 0.660. The van der Waals surface area contributed by atoms with Crippen molar-refractivity contribution in [3.63, 3.8) is 0 Å². The fourth-order valence-corrected chi connectivity index (χ4v) is 9.08. The maximum atomic E-state index is 9.27. The molecule has 6 nitrogen and oxygen atoms in total. The van der Waals surface area contributed by atoms with Crippen molar-refractivity contribution in [2.24, 2.45) is 0 Å². The summed E-state index contributed by atoms with van der Waals surface area (Å²) in [5.74, 6) is 1.73. The molecule has 5 heterocycles. The summed E-state index contributed by atoms with van der Waals surface area (Å²) in [5, 5.41) is 16.3. The highest BCUT2D eigenvalue weighted by molar-refractivity contribution is 7.99. The van der Waals surface area contributed by atoms with E-state index in [0.717, 1.165) is 76.4 Å². The van der Waals surface area contributed by atoms with Crippen LogP contribution in [0.25, 0.3) is 82.7 Å². The average Bonchev–Trinajstić information content (AvgIpc) is 3.88. The Balaban J connectivity index is 1.34. The van der Waals surface area contributed by atoms with Crippen molar-refractivity contribution in [2.75, 3.05) is 0 Å². The standard InChI is InChI=1S/C47H28N6S/c48-29-30-19-23-32(24-20-30)54-33-25-21-31(22-26-33)51-37-14-4-1-11-34(37)42-45(51)43-35-12-2-5-15-38(35)52(40-17-7-9-27-49-40)47(43)44-36-13-3-6-16-39(36)53(46(42)44)41-18-8-10-28-50-41/h1-28H. The van der Waals surface area contributed by atoms with E-state index in [-0.39, 0.29) is 0 Å². The first-order valence-electron chi connectivity index (χ1n) is 17.8. The molecule has 0 amide bonds. The Morgan fingerprint density at radius 3 is 1.28 bits per heavy atom. The normalized spacial score (nSPS) is 11.8. The average molecular weight is 709 g/mol. The Morgan fingerprint density at radius 1 is 0.426 bits per heavy atom. The molecule has 5 aromatic heterocycles. The molecule has 0 aliphatic carbocycles. The van der Waals surface area contributed by atoms with Crippen molar-refractivity contribution < 1.29 is 0 Å². The van der Waals surface area contributed by atoms with E-state index in [4.69, 9.17) is 9.97 Å². The Morgan fingerprint density at radius 2 is 0.833 bits per heavy atom. The highest BCUT2D eigenvalue weighted by atomic mass is 32.2. The minimum Gasteiger partial charge on any atom is -0.308 e. The van der Waals surface area contributed by atoms with Crippen molar-refractivity contribution in [1.29, 1.82) is 5.26 Å². The molecule has 54 heavy (non-hydrogen) atoms. The number of rotatable bonds is 5. The quantitative estimate of drug-likeness (QED) is 0.179. The van der Waals surface area contributed by atoms with Crippen LogP contribution in [0.3, 0.4) is 0 Å². The van der Waals surface area contributed by atoms with Gasteiger partial charge in [0.15, 0.2) is 0 Å². The van der Waals surface area contributed by atoms with Crippen molar-refractivity contribution >= 4 is 77.2 Å². The Bertz CT molecular complexity index is 3210. The van der Waals surface area contributed by atoms with Gasteiger partial charge in [-0.1, -0.05) is 78.5 Å². The van der Waals surface area contributed by atoms with Gasteiger partial charge in [-0.3, -0.25) is 9.13 Å². The lowest BCUT2D eigenvalue weighted by molar-refractivity contribution is 1.08. The van der Waals surface area contributed by atoms with Crippen molar-refractivity contribution in [3.05, 3.63) is 176 Å². The molecule has 0 radical (unpaired) electrons. The van der Waals surface area contributed by atoms with Gasteiger partial charge in [0.1, 0.15) is 11.6 Å². The third-order valence-electron chi connectivity index (χ3n) is 10.4. The van der Waals surface area contributed by atoms with Crippen molar-refractivity contribution in [2.45, 2.75) is 9.79 Å². The summed E-state index contributed by atoms with van der Waals surface area (Å²) >= 11 is 1.69. The van der Waals surface area contributed by atoms with Gasteiger partial charge in [-0.25, -0.2) is 9.97 Å². The zero-order valence-corrected chi connectivity index (χ0v) is 29.6. The second-order valence-corrected chi connectivity index (χ2v) is 14.5. The van der Waals surface area contributed by atoms with Gasteiger partial charge in [-0.05, 0) is 91.0 Å². The van der Waals surface area contributed by atoms with Crippen molar-refractivity contribution in [1.82, 2.24) is 23.7 Å². The number of benzene rings is 6. The number of hydrogen-bond donors (Lipinski definition) is 0. The lowest BCUT2D eigenvalue weighted by Crippen LogP contribution is -1.99. The van der Waals surface area contributed by atoms with E-state index < -0.39 is 0 Å². The first kappa shape index (κ1) is 30.5. The second-order valence-electron chi connectivity index (χ2n) is 13.3. The maximum Gasteiger partial charge on any atom is 0.137 e. The van der Waals surface area contributed by atoms with E-state index in [1.165, 1.54) is 16.2 Å². The number of pyridine rings is 2. The van der Waals surface area contributed by atoms with Crippen LogP contribution >= 0.6 is 11.8 Å². The molecule has 11 rings (SSSR count). The molecular weight excluding hydrogens is 681 g/mol. The van der Waals surface area contributed by atoms with Gasteiger partial charge in [0.25, 0.3) is 0 Å². The summed E-state index contributed by atoms with van der Waals surface area (Å²) < 4.78 is 7.14. The highest BCUT2D eigenvalue weighted by Gasteiger charge is 2.29. The van der Waals surface area contributed by atoms with Crippen LogP contribution in [-0.2, 0) is 0 Å². The molecule has 11 aromatic rings. The van der Waals surface area contributed by atoms with Crippen LogP contribution in [0.15, 0.2) is 180 Å². The number of aromatic nitrogens is 5. The maximum absolute atomic E-state index is 9.27. The van der Waals surface area contributed by atoms with Gasteiger partial charge in [0.2, 0.25) is 0 Å². The van der Waals surface area contributed by atoms with Gasteiger partial charge in [0, 0.05) is 60.2 Å². The van der Waals surface area contributed by atoms with Crippen LogP contribution in [-0.4, -0.2) is 23.7 Å². The summed E-state index contributed by atoms with van der Waals surface area (Å²) in [5.41, 5.74) is 8.41. The first-order valence-corrected chi connectivity index (χ1v) is 18.6. The van der Waals surface area contributed by atoms with E-state index in [2.05, 4.69) is 141 Å². The first-order chi connectivity index (χ1) is 26.8. The fourth-order valence-electron chi connectivity index (χ4n) is 8.26. The summed E-state index contributed by atoms with van der Waals surface area (Å²) in [7, 11) is 0. The number of nitrogens with zero attached hydrogens (tertiary/aromatic N) is 6. The lowest BCUT2D eigenvalue weighted by atomic mass is 10.0. The molecular formula is C47H28N6S. The van der Waals surface area contributed by atoms with E-state index >= 15 is 0 Å². The van der Waals surface area contributed by atoms with Gasteiger partial charge in [-0.15, -0.1) is 0 Å². The summed E-state index contributed by atoms with van der Waals surface area (Å²) in [6.45, 7) is 0. The van der Waals surface area contributed by atoms with Gasteiger partial charge in [0.05, 0.1) is 44.7 Å². The number of nitriles is 1. The predicted molar refractivity (Wildman–Crippen MR) is 220 cm³/mol. The Labute approximate surface area is 313 Å². The van der Waals surface area contributed by atoms with Crippen LogP contribution in [0.1, 0.15) is 5.56 Å². The van der Waals surface area contributed by atoms with E-state index in [1.54, 1.807) is 11.8 Å². The van der Waals surface area contributed by atoms with E-state index in [9.17, 15) is 5.26 Å². The van der Waals surface area contributed by atoms with Crippen LogP contribution in [0.4, 0.5) is 0 Å². The molecule has 0 fully saturated rings. The second kappa shape index (κ2) is 12.0. The molecule has 0 saturated heterocycles. The van der Waals surface area contributed by atoms with Crippen LogP contribution < -0.4 is 0 Å². The number of para-hydroxylation sites is 3. The van der Waals surface area contributed by atoms with Crippen LogP contribution in [0, 0.1) is 11.3 Å². The summed E-state index contributed by atoms with van der Waals surface area (Å²) in [6.07, 6.45) is 3.74. The Hall–Kier alpha value is -7.14. The molecule has 252 valence electrons. The fraction of sp³-hybridized carbons (Fsp3) is 0. The van der Waals surface area contributed by atoms with Gasteiger partial charge < -0.3 is 4.57 Å². The molecule has 0 spiro atoms. The molecule has 0 aliphatic rings. The topological polar surface area (TPSA) is 64.4 Å². The smallest absolute Gasteiger partial charge is 0.137 e. The monoisotopic (exact) mass is 708 g/mol. The van der Waals surface area contributed by atoms with Crippen LogP contribution in [0.2, 0.25) is 0 Å². The zero-order valence-electron chi connectivity index (χ0n) is 28.8. The third-order valence-corrected chi connectivity index (χ3v) is 11.4. The lowest BCUT2D eigenvalue weighted by Gasteiger charge is -2.13. The van der Waals surface area contributed by atoms with E-state index in [1.807, 2.05) is 48.8 Å². The molecule has 0 saturated carbocycles. The molecule has 0 bridgehead atoms. The number of fused-ring (bicyclic) bond motifs is 12. The largest absolute Gasteiger partial charge is 0.308 e. The minimum absolute atomic E-state index is 0.660. The Kier molecular flexibility index (Phi) is 6.75. The number of hydrogen-bond acceptors (Lipinski definition) is 4. The highest BCUT2D eigenvalue weighted by Crippen LogP contribution is 2.50.